The van der Waals surface area contributed by atoms with E-state index in [1.165, 1.54) is 6.07 Å². The van der Waals surface area contributed by atoms with Gasteiger partial charge in [-0.1, -0.05) is 20.8 Å². The number of rotatable bonds is 5. The topological polar surface area (TPSA) is 73.9 Å². The van der Waals surface area contributed by atoms with Gasteiger partial charge in [0.15, 0.2) is 5.75 Å². The van der Waals surface area contributed by atoms with Gasteiger partial charge in [0.25, 0.3) is 0 Å². The highest BCUT2D eigenvalue weighted by Gasteiger charge is 2.17. The minimum Gasteiger partial charge on any atom is -0.502 e. The Labute approximate surface area is 107 Å². The van der Waals surface area contributed by atoms with Crippen molar-refractivity contribution >= 4 is 0 Å². The molecule has 5 nitrogen and oxygen atoms in total. The summed E-state index contributed by atoms with van der Waals surface area (Å²) in [6.07, 6.45) is 1.05. The largest absolute Gasteiger partial charge is 0.502 e. The summed E-state index contributed by atoms with van der Waals surface area (Å²) in [5, 5.41) is 18.1. The Morgan fingerprint density at radius 1 is 1.39 bits per heavy atom. The van der Waals surface area contributed by atoms with Crippen LogP contribution in [0.1, 0.15) is 26.5 Å². The lowest BCUT2D eigenvalue weighted by molar-refractivity contribution is 0.137. The van der Waals surface area contributed by atoms with Crippen LogP contribution in [0.25, 0.3) is 0 Å². The van der Waals surface area contributed by atoms with Crippen LogP contribution < -0.4 is 5.43 Å². The standard InChI is InChI=1S/C13H21NO4/c1-13(2,3)9-14(4-5-15)7-10-6-11(16)12(17)8-18-10/h6,8,15,17H,4-5,7,9H2,1-3H3. The Morgan fingerprint density at radius 2 is 2.06 bits per heavy atom. The van der Waals surface area contributed by atoms with Crippen molar-refractivity contribution in [2.75, 3.05) is 19.7 Å². The van der Waals surface area contributed by atoms with Gasteiger partial charge in [-0.05, 0) is 5.41 Å². The smallest absolute Gasteiger partial charge is 0.226 e. The van der Waals surface area contributed by atoms with Crippen LogP contribution in [0.3, 0.4) is 0 Å². The third-order valence-electron chi connectivity index (χ3n) is 2.36. The van der Waals surface area contributed by atoms with E-state index in [-0.39, 0.29) is 17.8 Å². The number of aliphatic hydroxyl groups is 1. The Balaban J connectivity index is 2.76. The Bertz CT molecular complexity index is 433. The van der Waals surface area contributed by atoms with Crippen LogP contribution in [0.5, 0.6) is 5.75 Å². The maximum Gasteiger partial charge on any atom is 0.226 e. The summed E-state index contributed by atoms with van der Waals surface area (Å²) in [6, 6.07) is 1.28. The van der Waals surface area contributed by atoms with Gasteiger partial charge < -0.3 is 14.6 Å². The Hall–Kier alpha value is -1.33. The van der Waals surface area contributed by atoms with Crippen LogP contribution in [-0.2, 0) is 6.54 Å². The Kier molecular flexibility index (Phi) is 4.93. The fourth-order valence-electron chi connectivity index (χ4n) is 1.77. The monoisotopic (exact) mass is 255 g/mol. The molecule has 0 aliphatic heterocycles. The number of aromatic hydroxyl groups is 1. The molecule has 0 fully saturated rings. The van der Waals surface area contributed by atoms with Crippen molar-refractivity contribution in [3.8, 4) is 5.75 Å². The predicted octanol–water partition coefficient (Wildman–Crippen LogP) is 1.19. The third kappa shape index (κ3) is 4.89. The molecular weight excluding hydrogens is 234 g/mol. The van der Waals surface area contributed by atoms with Crippen molar-refractivity contribution in [1.82, 2.24) is 4.90 Å². The number of hydrogen-bond acceptors (Lipinski definition) is 5. The molecule has 1 aromatic heterocycles. The van der Waals surface area contributed by atoms with Gasteiger partial charge in [-0.3, -0.25) is 9.69 Å². The van der Waals surface area contributed by atoms with Crippen molar-refractivity contribution in [1.29, 1.82) is 0 Å². The minimum atomic E-state index is -0.448. The average Bonchev–Trinajstić information content (AvgIpc) is 2.21. The molecule has 0 unspecified atom stereocenters. The van der Waals surface area contributed by atoms with Gasteiger partial charge in [-0.2, -0.15) is 0 Å². The summed E-state index contributed by atoms with van der Waals surface area (Å²) in [4.78, 5) is 13.3. The normalized spacial score (nSPS) is 12.1. The fraction of sp³-hybridized carbons (Fsp3) is 0.615. The van der Waals surface area contributed by atoms with E-state index in [2.05, 4.69) is 20.8 Å². The predicted molar refractivity (Wildman–Crippen MR) is 68.5 cm³/mol. The van der Waals surface area contributed by atoms with Gasteiger partial charge in [0, 0.05) is 19.2 Å². The number of nitrogens with zero attached hydrogens (tertiary/aromatic N) is 1. The summed E-state index contributed by atoms with van der Waals surface area (Å²) < 4.78 is 5.16. The first-order valence-electron chi connectivity index (χ1n) is 5.96. The summed E-state index contributed by atoms with van der Waals surface area (Å²) in [7, 11) is 0. The van der Waals surface area contributed by atoms with E-state index in [4.69, 9.17) is 14.6 Å². The van der Waals surface area contributed by atoms with Gasteiger partial charge >= 0.3 is 0 Å². The third-order valence-corrected chi connectivity index (χ3v) is 2.36. The molecule has 1 aromatic rings. The molecule has 0 bridgehead atoms. The highest BCUT2D eigenvalue weighted by atomic mass is 16.4. The molecule has 0 aliphatic rings. The molecule has 102 valence electrons. The maximum atomic E-state index is 11.3. The first-order chi connectivity index (χ1) is 8.31. The maximum absolute atomic E-state index is 11.3. The molecule has 5 heteroatoms. The van der Waals surface area contributed by atoms with Crippen LogP contribution in [-0.4, -0.2) is 34.8 Å². The highest BCUT2D eigenvalue weighted by Crippen LogP contribution is 2.17. The average molecular weight is 255 g/mol. The van der Waals surface area contributed by atoms with Gasteiger partial charge in [-0.25, -0.2) is 0 Å². The van der Waals surface area contributed by atoms with Gasteiger partial charge in [0.05, 0.1) is 13.2 Å². The van der Waals surface area contributed by atoms with Crippen molar-refractivity contribution in [3.05, 3.63) is 28.3 Å². The van der Waals surface area contributed by atoms with E-state index in [1.54, 1.807) is 0 Å². The minimum absolute atomic E-state index is 0.0540. The van der Waals surface area contributed by atoms with E-state index in [0.717, 1.165) is 12.8 Å². The van der Waals surface area contributed by atoms with Crippen LogP contribution in [0.2, 0.25) is 0 Å². The highest BCUT2D eigenvalue weighted by molar-refractivity contribution is 5.15. The van der Waals surface area contributed by atoms with E-state index in [0.29, 0.717) is 18.8 Å². The molecule has 0 spiro atoms. The second-order valence-corrected chi connectivity index (χ2v) is 5.59. The lowest BCUT2D eigenvalue weighted by Gasteiger charge is -2.28. The molecule has 0 aromatic carbocycles. The summed E-state index contributed by atoms with van der Waals surface area (Å²) in [5.41, 5.74) is -0.359. The molecule has 0 aliphatic carbocycles. The number of aliphatic hydroxyl groups excluding tert-OH is 1. The second kappa shape index (κ2) is 6.02. The van der Waals surface area contributed by atoms with Gasteiger partial charge in [-0.15, -0.1) is 0 Å². The van der Waals surface area contributed by atoms with Crippen LogP contribution in [0.15, 0.2) is 21.5 Å². The lowest BCUT2D eigenvalue weighted by Crippen LogP contribution is -2.34. The summed E-state index contributed by atoms with van der Waals surface area (Å²) in [6.45, 7) is 8.09. The summed E-state index contributed by atoms with van der Waals surface area (Å²) in [5.74, 6) is 0.0961. The Morgan fingerprint density at radius 3 is 2.56 bits per heavy atom. The zero-order valence-electron chi connectivity index (χ0n) is 11.1. The molecule has 18 heavy (non-hydrogen) atoms. The molecule has 1 heterocycles. The molecule has 1 rings (SSSR count). The molecule has 0 atom stereocenters. The van der Waals surface area contributed by atoms with Crippen molar-refractivity contribution in [2.45, 2.75) is 27.3 Å². The zero-order valence-corrected chi connectivity index (χ0v) is 11.1. The van der Waals surface area contributed by atoms with E-state index in [1.807, 2.05) is 4.90 Å². The van der Waals surface area contributed by atoms with E-state index < -0.39 is 5.43 Å². The van der Waals surface area contributed by atoms with Crippen molar-refractivity contribution < 1.29 is 14.6 Å². The van der Waals surface area contributed by atoms with Gasteiger partial charge in [0.2, 0.25) is 5.43 Å². The van der Waals surface area contributed by atoms with Crippen LogP contribution in [0, 0.1) is 5.41 Å². The lowest BCUT2D eigenvalue weighted by atomic mass is 9.96. The first-order valence-corrected chi connectivity index (χ1v) is 5.96. The van der Waals surface area contributed by atoms with Crippen molar-refractivity contribution in [3.63, 3.8) is 0 Å². The van der Waals surface area contributed by atoms with Crippen LogP contribution >= 0.6 is 0 Å². The molecule has 0 amide bonds. The molecule has 0 saturated carbocycles. The van der Waals surface area contributed by atoms with Gasteiger partial charge in [0.1, 0.15) is 12.0 Å². The molecule has 0 saturated heterocycles. The van der Waals surface area contributed by atoms with Crippen molar-refractivity contribution in [2.24, 2.45) is 5.41 Å². The zero-order chi connectivity index (χ0) is 13.8. The second-order valence-electron chi connectivity index (χ2n) is 5.59. The first kappa shape index (κ1) is 14.7. The quantitative estimate of drug-likeness (QED) is 0.826. The molecular formula is C13H21NO4. The number of hydrogen-bond donors (Lipinski definition) is 2. The van der Waals surface area contributed by atoms with E-state index >= 15 is 0 Å². The molecule has 0 radical (unpaired) electrons. The van der Waals surface area contributed by atoms with Crippen LogP contribution in [0.4, 0.5) is 0 Å². The fourth-order valence-corrected chi connectivity index (χ4v) is 1.77. The summed E-state index contributed by atoms with van der Waals surface area (Å²) >= 11 is 0. The SMILES string of the molecule is CC(C)(C)CN(CCO)Cc1cc(=O)c(O)co1. The van der Waals surface area contributed by atoms with E-state index in [9.17, 15) is 4.79 Å². The molecule has 2 N–H and O–H groups in total.